The molecular weight excluding hydrogens is 269 g/mol. The fraction of sp³-hybridized carbons (Fsp3) is 0.200. The second kappa shape index (κ2) is 6.15. The summed E-state index contributed by atoms with van der Waals surface area (Å²) in [6.45, 7) is 0. The third-order valence-corrected chi connectivity index (χ3v) is 3.74. The van der Waals surface area contributed by atoms with Gasteiger partial charge >= 0.3 is 6.18 Å². The molecule has 4 heteroatoms. The molecule has 0 fully saturated rings. The molecule has 0 aliphatic heterocycles. The molecule has 0 unspecified atom stereocenters. The third-order valence-electron chi connectivity index (χ3n) is 2.69. The summed E-state index contributed by atoms with van der Waals surface area (Å²) in [5.74, 6) is 1.08. The van der Waals surface area contributed by atoms with Crippen LogP contribution in [0.5, 0.6) is 0 Å². The van der Waals surface area contributed by atoms with Gasteiger partial charge in [-0.3, -0.25) is 0 Å². The number of benzene rings is 2. The highest BCUT2D eigenvalue weighted by atomic mass is 32.2. The summed E-state index contributed by atoms with van der Waals surface area (Å²) in [4.78, 5) is 0. The highest BCUT2D eigenvalue weighted by Crippen LogP contribution is 2.33. The fourth-order valence-electron chi connectivity index (χ4n) is 1.78. The SMILES string of the molecule is FC(F)(F)c1ccccc1CSCc1ccccc1. The van der Waals surface area contributed by atoms with E-state index in [2.05, 4.69) is 0 Å². The minimum absolute atomic E-state index is 0.343. The number of halogens is 3. The highest BCUT2D eigenvalue weighted by molar-refractivity contribution is 7.97. The second-order valence-electron chi connectivity index (χ2n) is 4.13. The van der Waals surface area contributed by atoms with E-state index in [4.69, 9.17) is 0 Å². The van der Waals surface area contributed by atoms with Gasteiger partial charge in [0.15, 0.2) is 0 Å². The first kappa shape index (κ1) is 14.0. The fourth-order valence-corrected chi connectivity index (χ4v) is 2.78. The van der Waals surface area contributed by atoms with E-state index in [0.717, 1.165) is 11.6 Å². The maximum atomic E-state index is 12.8. The first-order valence-corrected chi connectivity index (χ1v) is 6.99. The Morgan fingerprint density at radius 3 is 2.11 bits per heavy atom. The van der Waals surface area contributed by atoms with Crippen molar-refractivity contribution in [2.24, 2.45) is 0 Å². The summed E-state index contributed by atoms with van der Waals surface area (Å²) in [5, 5.41) is 0. The molecule has 0 aromatic heterocycles. The van der Waals surface area contributed by atoms with Gasteiger partial charge < -0.3 is 0 Å². The van der Waals surface area contributed by atoms with Gasteiger partial charge in [0, 0.05) is 11.5 Å². The number of thioether (sulfide) groups is 1. The van der Waals surface area contributed by atoms with Gasteiger partial charge in [0.1, 0.15) is 0 Å². The largest absolute Gasteiger partial charge is 0.416 e. The lowest BCUT2D eigenvalue weighted by atomic mass is 10.1. The summed E-state index contributed by atoms with van der Waals surface area (Å²) in [6.07, 6.45) is -4.27. The Hall–Kier alpha value is -1.42. The van der Waals surface area contributed by atoms with Crippen molar-refractivity contribution in [1.82, 2.24) is 0 Å². The molecule has 0 N–H and O–H groups in total. The molecule has 0 aliphatic carbocycles. The zero-order valence-electron chi connectivity index (χ0n) is 10.2. The van der Waals surface area contributed by atoms with E-state index in [1.54, 1.807) is 12.1 Å². The molecule has 0 nitrogen and oxygen atoms in total. The van der Waals surface area contributed by atoms with Crippen LogP contribution in [0.25, 0.3) is 0 Å². The van der Waals surface area contributed by atoms with Crippen LogP contribution in [0.4, 0.5) is 13.2 Å². The van der Waals surface area contributed by atoms with Crippen LogP contribution in [0.2, 0.25) is 0 Å². The molecule has 2 rings (SSSR count). The van der Waals surface area contributed by atoms with Crippen molar-refractivity contribution in [2.45, 2.75) is 17.7 Å². The van der Waals surface area contributed by atoms with Crippen molar-refractivity contribution < 1.29 is 13.2 Å². The summed E-state index contributed by atoms with van der Waals surface area (Å²) >= 11 is 1.49. The van der Waals surface area contributed by atoms with E-state index in [0.29, 0.717) is 17.1 Å². The first-order valence-electron chi connectivity index (χ1n) is 5.84. The Bertz CT molecular complexity index is 520. The maximum Gasteiger partial charge on any atom is 0.416 e. The molecule has 0 radical (unpaired) electrons. The van der Waals surface area contributed by atoms with Crippen LogP contribution in [0, 0.1) is 0 Å². The average Bonchev–Trinajstić information content (AvgIpc) is 2.39. The Balaban J connectivity index is 2.00. The number of alkyl halides is 3. The zero-order chi connectivity index (χ0) is 13.7. The van der Waals surface area contributed by atoms with Crippen molar-refractivity contribution in [2.75, 3.05) is 0 Å². The van der Waals surface area contributed by atoms with Crippen molar-refractivity contribution in [3.05, 3.63) is 71.3 Å². The Labute approximate surface area is 114 Å². The van der Waals surface area contributed by atoms with Gasteiger partial charge in [-0.25, -0.2) is 0 Å². The molecule has 19 heavy (non-hydrogen) atoms. The van der Waals surface area contributed by atoms with Crippen molar-refractivity contribution in [3.63, 3.8) is 0 Å². The molecule has 0 amide bonds. The molecule has 100 valence electrons. The molecule has 2 aromatic carbocycles. The van der Waals surface area contributed by atoms with E-state index in [-0.39, 0.29) is 0 Å². The van der Waals surface area contributed by atoms with Gasteiger partial charge in [-0.15, -0.1) is 0 Å². The zero-order valence-corrected chi connectivity index (χ0v) is 11.0. The van der Waals surface area contributed by atoms with Crippen molar-refractivity contribution >= 4 is 11.8 Å². The van der Waals surface area contributed by atoms with Crippen molar-refractivity contribution in [3.8, 4) is 0 Å². The summed E-state index contributed by atoms with van der Waals surface area (Å²) in [7, 11) is 0. The lowest BCUT2D eigenvalue weighted by Crippen LogP contribution is -2.08. The van der Waals surface area contributed by atoms with Crippen LogP contribution in [-0.2, 0) is 17.7 Å². The maximum absolute atomic E-state index is 12.8. The van der Waals surface area contributed by atoms with E-state index >= 15 is 0 Å². The van der Waals surface area contributed by atoms with E-state index in [1.165, 1.54) is 17.8 Å². The molecule has 0 saturated heterocycles. The van der Waals surface area contributed by atoms with Gasteiger partial charge in [0.05, 0.1) is 5.56 Å². The quantitative estimate of drug-likeness (QED) is 0.748. The Morgan fingerprint density at radius 2 is 1.42 bits per heavy atom. The van der Waals surface area contributed by atoms with Crippen LogP contribution in [0.3, 0.4) is 0 Å². The predicted molar refractivity (Wildman–Crippen MR) is 72.9 cm³/mol. The monoisotopic (exact) mass is 282 g/mol. The Morgan fingerprint density at radius 1 is 0.789 bits per heavy atom. The molecule has 0 bridgehead atoms. The van der Waals surface area contributed by atoms with Crippen LogP contribution in [-0.4, -0.2) is 0 Å². The van der Waals surface area contributed by atoms with Crippen LogP contribution >= 0.6 is 11.8 Å². The minimum Gasteiger partial charge on any atom is -0.166 e. The molecule has 0 heterocycles. The first-order chi connectivity index (χ1) is 9.07. The molecule has 0 saturated carbocycles. The predicted octanol–water partition coefficient (Wildman–Crippen LogP) is 5.14. The minimum atomic E-state index is -4.27. The summed E-state index contributed by atoms with van der Waals surface area (Å²) < 4.78 is 38.4. The van der Waals surface area contributed by atoms with E-state index in [9.17, 15) is 13.2 Å². The van der Waals surface area contributed by atoms with Gasteiger partial charge in [0.25, 0.3) is 0 Å². The lowest BCUT2D eigenvalue weighted by molar-refractivity contribution is -0.138. The van der Waals surface area contributed by atoms with E-state index < -0.39 is 11.7 Å². The molecule has 2 aromatic rings. The van der Waals surface area contributed by atoms with Crippen molar-refractivity contribution in [1.29, 1.82) is 0 Å². The molecule has 0 atom stereocenters. The Kier molecular flexibility index (Phi) is 4.53. The standard InChI is InChI=1S/C15H13F3S/c16-15(17,18)14-9-5-4-8-13(14)11-19-10-12-6-2-1-3-7-12/h1-9H,10-11H2. The van der Waals surface area contributed by atoms with Crippen LogP contribution in [0.1, 0.15) is 16.7 Å². The normalized spacial score (nSPS) is 11.5. The van der Waals surface area contributed by atoms with Gasteiger partial charge in [-0.1, -0.05) is 48.5 Å². The van der Waals surface area contributed by atoms with Gasteiger partial charge in [-0.05, 0) is 17.2 Å². The summed E-state index contributed by atoms with van der Waals surface area (Å²) in [5.41, 5.74) is 0.934. The average molecular weight is 282 g/mol. The molecule has 0 spiro atoms. The molecular formula is C15H13F3S. The lowest BCUT2D eigenvalue weighted by Gasteiger charge is -2.12. The van der Waals surface area contributed by atoms with E-state index in [1.807, 2.05) is 30.3 Å². The topological polar surface area (TPSA) is 0 Å². The number of rotatable bonds is 4. The third kappa shape index (κ3) is 4.03. The van der Waals surface area contributed by atoms with Gasteiger partial charge in [0.2, 0.25) is 0 Å². The smallest absolute Gasteiger partial charge is 0.166 e. The number of hydrogen-bond donors (Lipinski definition) is 0. The number of hydrogen-bond acceptors (Lipinski definition) is 1. The van der Waals surface area contributed by atoms with Gasteiger partial charge in [-0.2, -0.15) is 24.9 Å². The van der Waals surface area contributed by atoms with Crippen LogP contribution < -0.4 is 0 Å². The summed E-state index contributed by atoms with van der Waals surface area (Å²) in [6, 6.07) is 15.5. The molecule has 0 aliphatic rings. The highest BCUT2D eigenvalue weighted by Gasteiger charge is 2.32. The van der Waals surface area contributed by atoms with Crippen LogP contribution in [0.15, 0.2) is 54.6 Å². The second-order valence-corrected chi connectivity index (χ2v) is 5.12.